The predicted octanol–water partition coefficient (Wildman–Crippen LogP) is 1.60. The minimum absolute atomic E-state index is 0.0547. The molecule has 0 saturated heterocycles. The molecular formula is C11H14ClNO5S. The Hall–Kier alpha value is -1.31. The summed E-state index contributed by atoms with van der Waals surface area (Å²) in [6.07, 6.45) is 0. The lowest BCUT2D eigenvalue weighted by Gasteiger charge is -2.10. The fourth-order valence-electron chi connectivity index (χ4n) is 1.33. The zero-order valence-corrected chi connectivity index (χ0v) is 12.0. The summed E-state index contributed by atoms with van der Waals surface area (Å²) >= 11 is 0. The van der Waals surface area contributed by atoms with Gasteiger partial charge in [-0.1, -0.05) is 0 Å². The minimum Gasteiger partial charge on any atom is -0.497 e. The van der Waals surface area contributed by atoms with E-state index >= 15 is 0 Å². The van der Waals surface area contributed by atoms with Gasteiger partial charge in [0.05, 0.1) is 12.8 Å². The van der Waals surface area contributed by atoms with Gasteiger partial charge >= 0.3 is 0 Å². The van der Waals surface area contributed by atoms with Gasteiger partial charge in [0.25, 0.3) is 9.05 Å². The standard InChI is InChI=1S/C11H14ClNO5S/c1-3-18-7-11(14)13-9-6-8(17-2)4-5-10(9)19(12,15)16/h4-6H,3,7H2,1-2H3,(H,13,14). The second kappa shape index (κ2) is 6.74. The summed E-state index contributed by atoms with van der Waals surface area (Å²) in [5, 5.41) is 2.42. The Morgan fingerprint density at radius 2 is 2.11 bits per heavy atom. The molecule has 1 aromatic carbocycles. The number of carbonyl (C=O) groups excluding carboxylic acids is 1. The number of methoxy groups -OCH3 is 1. The van der Waals surface area contributed by atoms with Crippen molar-refractivity contribution in [3.8, 4) is 5.75 Å². The summed E-state index contributed by atoms with van der Waals surface area (Å²) in [6, 6.07) is 4.07. The average Bonchev–Trinajstić information content (AvgIpc) is 2.34. The van der Waals surface area contributed by atoms with Crippen molar-refractivity contribution < 1.29 is 22.7 Å². The van der Waals surface area contributed by atoms with Gasteiger partial charge in [-0.05, 0) is 19.1 Å². The molecule has 0 aliphatic heterocycles. The van der Waals surface area contributed by atoms with Gasteiger partial charge in [0, 0.05) is 23.4 Å². The summed E-state index contributed by atoms with van der Waals surface area (Å²) in [5.74, 6) is -0.0764. The maximum atomic E-state index is 11.5. The van der Waals surface area contributed by atoms with Crippen LogP contribution in [-0.4, -0.2) is 34.6 Å². The summed E-state index contributed by atoms with van der Waals surface area (Å²) < 4.78 is 32.7. The van der Waals surface area contributed by atoms with Gasteiger partial charge in [-0.25, -0.2) is 8.42 Å². The largest absolute Gasteiger partial charge is 0.497 e. The molecule has 0 aromatic heterocycles. The second-order valence-corrected chi connectivity index (χ2v) is 6.02. The molecule has 0 radical (unpaired) electrons. The monoisotopic (exact) mass is 307 g/mol. The van der Waals surface area contributed by atoms with Crippen molar-refractivity contribution in [2.45, 2.75) is 11.8 Å². The van der Waals surface area contributed by atoms with Gasteiger partial charge in [-0.2, -0.15) is 0 Å². The molecule has 1 rings (SSSR count). The third kappa shape index (κ3) is 4.70. The Morgan fingerprint density at radius 1 is 1.42 bits per heavy atom. The third-order valence-corrected chi connectivity index (χ3v) is 3.54. The minimum atomic E-state index is -3.96. The van der Waals surface area contributed by atoms with Crippen LogP contribution in [0.15, 0.2) is 23.1 Å². The molecule has 1 amide bonds. The molecule has 0 heterocycles. The number of halogens is 1. The number of rotatable bonds is 6. The van der Waals surface area contributed by atoms with Gasteiger partial charge in [0.15, 0.2) is 0 Å². The Kier molecular flexibility index (Phi) is 5.59. The van der Waals surface area contributed by atoms with Crippen LogP contribution in [0.3, 0.4) is 0 Å². The molecule has 0 saturated carbocycles. The zero-order valence-electron chi connectivity index (χ0n) is 10.5. The van der Waals surface area contributed by atoms with E-state index < -0.39 is 15.0 Å². The number of nitrogens with one attached hydrogen (secondary N) is 1. The number of hydrogen-bond donors (Lipinski definition) is 1. The average molecular weight is 308 g/mol. The highest BCUT2D eigenvalue weighted by atomic mass is 35.7. The Bertz CT molecular complexity index is 558. The smallest absolute Gasteiger partial charge is 0.263 e. The van der Waals surface area contributed by atoms with Crippen molar-refractivity contribution in [1.29, 1.82) is 0 Å². The van der Waals surface area contributed by atoms with E-state index in [4.69, 9.17) is 20.2 Å². The predicted molar refractivity (Wildman–Crippen MR) is 71.2 cm³/mol. The molecular weight excluding hydrogens is 294 g/mol. The van der Waals surface area contributed by atoms with Crippen LogP contribution in [0.1, 0.15) is 6.92 Å². The van der Waals surface area contributed by atoms with Crippen molar-refractivity contribution in [3.63, 3.8) is 0 Å². The van der Waals surface area contributed by atoms with Crippen molar-refractivity contribution >= 4 is 31.3 Å². The molecule has 106 valence electrons. The third-order valence-electron chi connectivity index (χ3n) is 2.16. The fraction of sp³-hybridized carbons (Fsp3) is 0.364. The number of benzene rings is 1. The second-order valence-electron chi connectivity index (χ2n) is 3.49. The number of amides is 1. The van der Waals surface area contributed by atoms with Gasteiger partial charge < -0.3 is 14.8 Å². The molecule has 1 N–H and O–H groups in total. The molecule has 0 unspecified atom stereocenters. The summed E-state index contributed by atoms with van der Waals surface area (Å²) in [6.45, 7) is 1.95. The van der Waals surface area contributed by atoms with E-state index in [9.17, 15) is 13.2 Å². The summed E-state index contributed by atoms with van der Waals surface area (Å²) in [4.78, 5) is 11.3. The molecule has 6 nitrogen and oxygen atoms in total. The molecule has 8 heteroatoms. The highest BCUT2D eigenvalue weighted by molar-refractivity contribution is 8.13. The molecule has 0 spiro atoms. The van der Waals surface area contributed by atoms with Crippen LogP contribution in [0.4, 0.5) is 5.69 Å². The molecule has 1 aromatic rings. The quantitative estimate of drug-likeness (QED) is 0.807. The van der Waals surface area contributed by atoms with Gasteiger partial charge in [-0.3, -0.25) is 4.79 Å². The lowest BCUT2D eigenvalue weighted by molar-refractivity contribution is -0.120. The van der Waals surface area contributed by atoms with Crippen LogP contribution in [0.25, 0.3) is 0 Å². The van der Waals surface area contributed by atoms with E-state index in [0.29, 0.717) is 12.4 Å². The molecule has 0 bridgehead atoms. The zero-order chi connectivity index (χ0) is 14.5. The van der Waals surface area contributed by atoms with E-state index in [1.54, 1.807) is 6.92 Å². The molecule has 0 atom stereocenters. The van der Waals surface area contributed by atoms with E-state index in [0.717, 1.165) is 0 Å². The van der Waals surface area contributed by atoms with Crippen molar-refractivity contribution in [3.05, 3.63) is 18.2 Å². The normalized spacial score (nSPS) is 11.1. The maximum Gasteiger partial charge on any atom is 0.263 e. The Labute approximate surface area is 116 Å². The topological polar surface area (TPSA) is 81.7 Å². The lowest BCUT2D eigenvalue weighted by Crippen LogP contribution is -2.19. The van der Waals surface area contributed by atoms with Gasteiger partial charge in [-0.15, -0.1) is 0 Å². The van der Waals surface area contributed by atoms with Crippen LogP contribution >= 0.6 is 10.7 Å². The first-order chi connectivity index (χ1) is 8.88. The van der Waals surface area contributed by atoms with Gasteiger partial charge in [0.1, 0.15) is 17.3 Å². The van der Waals surface area contributed by atoms with E-state index in [1.807, 2.05) is 0 Å². The van der Waals surface area contributed by atoms with Crippen molar-refractivity contribution in [1.82, 2.24) is 0 Å². The first-order valence-electron chi connectivity index (χ1n) is 5.38. The number of ether oxygens (including phenoxy) is 2. The summed E-state index contributed by atoms with van der Waals surface area (Å²) in [7, 11) is 2.76. The van der Waals surface area contributed by atoms with Gasteiger partial charge in [0.2, 0.25) is 5.91 Å². The highest BCUT2D eigenvalue weighted by Crippen LogP contribution is 2.28. The van der Waals surface area contributed by atoms with Crippen molar-refractivity contribution in [2.75, 3.05) is 25.6 Å². The first kappa shape index (κ1) is 15.7. The number of hydrogen-bond acceptors (Lipinski definition) is 5. The summed E-state index contributed by atoms with van der Waals surface area (Å²) in [5.41, 5.74) is 0.0547. The fourth-order valence-corrected chi connectivity index (χ4v) is 2.33. The van der Waals surface area contributed by atoms with Crippen LogP contribution < -0.4 is 10.1 Å². The van der Waals surface area contributed by atoms with Crippen LogP contribution in [0.5, 0.6) is 5.75 Å². The van der Waals surface area contributed by atoms with E-state index in [2.05, 4.69) is 5.32 Å². The number of anilines is 1. The molecule has 0 aliphatic carbocycles. The van der Waals surface area contributed by atoms with Crippen molar-refractivity contribution in [2.24, 2.45) is 0 Å². The van der Waals surface area contributed by atoms with E-state index in [1.165, 1.54) is 25.3 Å². The first-order valence-corrected chi connectivity index (χ1v) is 7.69. The molecule has 19 heavy (non-hydrogen) atoms. The maximum absolute atomic E-state index is 11.5. The lowest BCUT2D eigenvalue weighted by atomic mass is 10.3. The van der Waals surface area contributed by atoms with Crippen LogP contribution in [0.2, 0.25) is 0 Å². The van der Waals surface area contributed by atoms with E-state index in [-0.39, 0.29) is 17.2 Å². The van der Waals surface area contributed by atoms with Crippen LogP contribution in [-0.2, 0) is 18.6 Å². The highest BCUT2D eigenvalue weighted by Gasteiger charge is 2.18. The SMILES string of the molecule is CCOCC(=O)Nc1cc(OC)ccc1S(=O)(=O)Cl. The molecule has 0 aliphatic rings. The Balaban J connectivity index is 3.05. The van der Waals surface area contributed by atoms with Crippen LogP contribution in [0, 0.1) is 0 Å². The molecule has 0 fully saturated rings. The number of carbonyl (C=O) groups is 1. The Morgan fingerprint density at radius 3 is 2.63 bits per heavy atom.